The van der Waals surface area contributed by atoms with Crippen molar-refractivity contribution >= 4 is 51.9 Å². The molecule has 4 aromatic carbocycles. The average molecular weight is 872 g/mol. The number of benzene rings is 4. The number of hydrogen-bond donors (Lipinski definition) is 2. The molecule has 3 heterocycles. The van der Waals surface area contributed by atoms with Gasteiger partial charge in [0.05, 0.1) is 74.9 Å². The van der Waals surface area contributed by atoms with Crippen molar-refractivity contribution in [1.82, 2.24) is 10.2 Å². The summed E-state index contributed by atoms with van der Waals surface area (Å²) in [5, 5.41) is 6.04. The van der Waals surface area contributed by atoms with Gasteiger partial charge in [0.2, 0.25) is 11.8 Å². The first-order valence-corrected chi connectivity index (χ1v) is 20.3. The summed E-state index contributed by atoms with van der Waals surface area (Å²) in [6.45, 7) is 4.60. The Balaban J connectivity index is 0.806. The Kier molecular flexibility index (Phi) is 14.1. The minimum atomic E-state index is -1.06. The second kappa shape index (κ2) is 20.0. The highest BCUT2D eigenvalue weighted by Crippen LogP contribution is 2.38. The third-order valence-electron chi connectivity index (χ3n) is 10.1. The van der Waals surface area contributed by atoms with Gasteiger partial charge in [0.15, 0.2) is 5.43 Å². The number of hydrogen-bond acceptors (Lipinski definition) is 13. The molecule has 1 saturated heterocycles. The van der Waals surface area contributed by atoms with E-state index in [0.29, 0.717) is 73.8 Å². The van der Waals surface area contributed by atoms with Crippen LogP contribution in [0.5, 0.6) is 17.2 Å². The number of anilines is 1. The van der Waals surface area contributed by atoms with Crippen LogP contribution in [-0.2, 0) is 23.8 Å². The lowest BCUT2D eigenvalue weighted by Crippen LogP contribution is -2.54. The van der Waals surface area contributed by atoms with Crippen LogP contribution in [0.3, 0.4) is 0 Å². The normalized spacial score (nSPS) is 14.9. The monoisotopic (exact) mass is 871 g/mol. The fraction of sp³-hybridized carbons (Fsp3) is 0.311. The highest BCUT2D eigenvalue weighted by molar-refractivity contribution is 6.33. The fourth-order valence-corrected chi connectivity index (χ4v) is 7.37. The summed E-state index contributed by atoms with van der Waals surface area (Å²) >= 11 is 6.65. The van der Waals surface area contributed by atoms with Crippen LogP contribution >= 0.6 is 11.6 Å². The van der Waals surface area contributed by atoms with E-state index in [-0.39, 0.29) is 70.7 Å². The van der Waals surface area contributed by atoms with Crippen LogP contribution in [0.4, 0.5) is 10.1 Å². The topological polar surface area (TPSA) is 181 Å². The maximum atomic E-state index is 15.0. The van der Waals surface area contributed by atoms with Gasteiger partial charge in [0.25, 0.3) is 11.8 Å². The van der Waals surface area contributed by atoms with Crippen molar-refractivity contribution < 1.29 is 56.4 Å². The van der Waals surface area contributed by atoms with Crippen LogP contribution in [0.15, 0.2) is 82.0 Å². The van der Waals surface area contributed by atoms with Gasteiger partial charge in [-0.05, 0) is 61.9 Å². The lowest BCUT2D eigenvalue weighted by Gasteiger charge is -2.27. The van der Waals surface area contributed by atoms with Crippen molar-refractivity contribution in [2.45, 2.75) is 25.8 Å². The lowest BCUT2D eigenvalue weighted by atomic mass is 10.0. The summed E-state index contributed by atoms with van der Waals surface area (Å²) in [6, 6.07) is 17.9. The lowest BCUT2D eigenvalue weighted by molar-refractivity contribution is -0.136. The van der Waals surface area contributed by atoms with E-state index in [9.17, 15) is 24.0 Å². The molecule has 0 bridgehead atoms. The van der Waals surface area contributed by atoms with E-state index < -0.39 is 35.5 Å². The Morgan fingerprint density at radius 2 is 1.53 bits per heavy atom. The molecule has 4 amide bonds. The predicted molar refractivity (Wildman–Crippen MR) is 226 cm³/mol. The molecule has 17 heteroatoms. The van der Waals surface area contributed by atoms with Gasteiger partial charge in [-0.1, -0.05) is 17.7 Å². The molecule has 62 heavy (non-hydrogen) atoms. The first kappa shape index (κ1) is 43.7. The Hall–Kier alpha value is -6.33. The van der Waals surface area contributed by atoms with Gasteiger partial charge in [0.1, 0.15) is 47.1 Å². The van der Waals surface area contributed by atoms with E-state index in [2.05, 4.69) is 10.6 Å². The van der Waals surface area contributed by atoms with Gasteiger partial charge in [-0.2, -0.15) is 0 Å². The molecule has 324 valence electrons. The molecule has 2 N–H and O–H groups in total. The summed E-state index contributed by atoms with van der Waals surface area (Å²) in [5.41, 5.74) is 2.07. The number of fused-ring (bicyclic) bond motifs is 2. The Labute approximate surface area is 359 Å². The Bertz CT molecular complexity index is 2560. The van der Waals surface area contributed by atoms with Crippen LogP contribution in [0.25, 0.3) is 33.4 Å². The second-order valence-corrected chi connectivity index (χ2v) is 14.4. The number of piperidine rings is 1. The molecule has 7 rings (SSSR count). The zero-order valence-electron chi connectivity index (χ0n) is 33.9. The van der Waals surface area contributed by atoms with E-state index >= 15 is 4.39 Å². The van der Waals surface area contributed by atoms with Crippen LogP contribution in [-0.4, -0.2) is 101 Å². The quantitative estimate of drug-likeness (QED) is 0.0661. The van der Waals surface area contributed by atoms with Crippen molar-refractivity contribution in [3.05, 3.63) is 105 Å². The summed E-state index contributed by atoms with van der Waals surface area (Å²) in [7, 11) is 1.45. The van der Waals surface area contributed by atoms with Gasteiger partial charge in [-0.25, -0.2) is 4.39 Å². The van der Waals surface area contributed by atoms with E-state index in [0.717, 1.165) is 10.6 Å². The van der Waals surface area contributed by atoms with Crippen LogP contribution in [0.1, 0.15) is 40.5 Å². The number of amides is 4. The number of rotatable bonds is 20. The zero-order chi connectivity index (χ0) is 43.8. The third kappa shape index (κ3) is 9.73. The van der Waals surface area contributed by atoms with Crippen molar-refractivity contribution in [3.63, 3.8) is 0 Å². The first-order valence-electron chi connectivity index (χ1n) is 19.9. The van der Waals surface area contributed by atoms with Crippen molar-refractivity contribution in [2.24, 2.45) is 0 Å². The molecular formula is C45H43ClFN3O12. The molecule has 0 saturated carbocycles. The Morgan fingerprint density at radius 1 is 0.790 bits per heavy atom. The first-order chi connectivity index (χ1) is 30.1. The van der Waals surface area contributed by atoms with Gasteiger partial charge < -0.3 is 38.2 Å². The SMILES string of the molecule is CCOc1cc2oc(-c3ccc(NCCOCCOCCOCCOc4cccc5c4C(=O)N(C4CCC(=O)NC4=O)C5=O)cc3Cl)cc(=O)c2cc1-c1ccc(OC)cc1F. The minimum absolute atomic E-state index is 0.0338. The van der Waals surface area contributed by atoms with E-state index in [1.807, 2.05) is 13.0 Å². The van der Waals surface area contributed by atoms with E-state index in [4.69, 9.17) is 44.4 Å². The molecule has 1 atom stereocenters. The van der Waals surface area contributed by atoms with Crippen molar-refractivity contribution in [1.29, 1.82) is 0 Å². The molecule has 1 unspecified atom stereocenters. The minimum Gasteiger partial charge on any atom is -0.497 e. The summed E-state index contributed by atoms with van der Waals surface area (Å²) in [5.74, 6) is -1.70. The van der Waals surface area contributed by atoms with E-state index in [1.165, 1.54) is 25.3 Å². The van der Waals surface area contributed by atoms with Gasteiger partial charge in [0, 0.05) is 53.5 Å². The number of carbonyl (C=O) groups excluding carboxylic acids is 4. The Morgan fingerprint density at radius 3 is 2.24 bits per heavy atom. The molecule has 15 nitrogen and oxygen atoms in total. The zero-order valence-corrected chi connectivity index (χ0v) is 34.6. The number of nitrogens with one attached hydrogen (secondary N) is 2. The van der Waals surface area contributed by atoms with Crippen LogP contribution in [0.2, 0.25) is 5.02 Å². The summed E-state index contributed by atoms with van der Waals surface area (Å²) in [4.78, 5) is 64.3. The largest absolute Gasteiger partial charge is 0.497 e. The molecule has 2 aliphatic heterocycles. The molecule has 1 aromatic heterocycles. The predicted octanol–water partition coefficient (Wildman–Crippen LogP) is 6.27. The van der Waals surface area contributed by atoms with Gasteiger partial charge in [-0.15, -0.1) is 0 Å². The number of carbonyl (C=O) groups is 4. The highest BCUT2D eigenvalue weighted by atomic mass is 35.5. The van der Waals surface area contributed by atoms with Crippen LogP contribution < -0.4 is 30.3 Å². The average Bonchev–Trinajstić information content (AvgIpc) is 3.51. The molecule has 0 radical (unpaired) electrons. The molecule has 2 aliphatic rings. The number of halogens is 2. The number of methoxy groups -OCH3 is 1. The molecule has 1 fully saturated rings. The number of imide groups is 2. The summed E-state index contributed by atoms with van der Waals surface area (Å²) < 4.78 is 54.7. The van der Waals surface area contributed by atoms with Crippen molar-refractivity contribution in [2.75, 3.05) is 71.8 Å². The van der Waals surface area contributed by atoms with Gasteiger partial charge >= 0.3 is 0 Å². The smallest absolute Gasteiger partial charge is 0.266 e. The standard InChI is InChI=1S/C45H43ClFN3O12/c1-3-60-38-25-40-32(23-31(38)28-10-8-27(56-2)22-34(28)47)36(51)24-39(62-40)29-9-7-26(21-33(29)46)48-13-14-57-15-16-58-17-18-59-19-20-61-37-6-4-5-30-42(37)45(55)50(44(30)54)35-11-12-41(52)49-43(35)53/h4-10,21-25,35,48H,3,11-20H2,1-2H3,(H,49,52,53). The third-order valence-corrected chi connectivity index (χ3v) is 10.4. The molecule has 0 spiro atoms. The molecular weight excluding hydrogens is 829 g/mol. The van der Waals surface area contributed by atoms with Gasteiger partial charge in [-0.3, -0.25) is 34.2 Å². The highest BCUT2D eigenvalue weighted by Gasteiger charge is 2.46. The van der Waals surface area contributed by atoms with Crippen LogP contribution in [0, 0.1) is 5.82 Å². The summed E-state index contributed by atoms with van der Waals surface area (Å²) in [6.07, 6.45) is 0.0996. The second-order valence-electron chi connectivity index (χ2n) is 14.0. The molecule has 5 aromatic rings. The van der Waals surface area contributed by atoms with E-state index in [1.54, 1.807) is 48.5 Å². The maximum absolute atomic E-state index is 15.0. The number of nitrogens with zero attached hydrogens (tertiary/aromatic N) is 1. The maximum Gasteiger partial charge on any atom is 0.266 e. The van der Waals surface area contributed by atoms with Crippen molar-refractivity contribution in [3.8, 4) is 39.7 Å². The molecule has 0 aliphatic carbocycles. The number of ether oxygens (including phenoxy) is 6. The fourth-order valence-electron chi connectivity index (χ4n) is 7.09.